The molecule has 3 N–H and O–H groups in total. The topological polar surface area (TPSA) is 69.8 Å². The van der Waals surface area contributed by atoms with Gasteiger partial charge in [0.25, 0.3) is 5.91 Å². The smallest absolute Gasteiger partial charge is 0.251 e. The van der Waals surface area contributed by atoms with Gasteiger partial charge >= 0.3 is 0 Å². The number of rotatable bonds is 3. The van der Waals surface area contributed by atoms with E-state index in [-0.39, 0.29) is 11.9 Å². The van der Waals surface area contributed by atoms with E-state index in [1.165, 1.54) is 5.56 Å². The van der Waals surface area contributed by atoms with Crippen molar-refractivity contribution < 1.29 is 4.79 Å². The lowest BCUT2D eigenvalue weighted by Crippen LogP contribution is -2.27. The van der Waals surface area contributed by atoms with Crippen LogP contribution >= 0.6 is 0 Å². The van der Waals surface area contributed by atoms with Crippen LogP contribution in [0.3, 0.4) is 0 Å². The molecule has 0 spiro atoms. The average Bonchev–Trinajstić information content (AvgIpc) is 3.01. The first kappa shape index (κ1) is 12.7. The summed E-state index contributed by atoms with van der Waals surface area (Å²) in [4.78, 5) is 19.4. The third-order valence-electron chi connectivity index (χ3n) is 3.58. The lowest BCUT2D eigenvalue weighted by atomic mass is 10.0. The summed E-state index contributed by atoms with van der Waals surface area (Å²) in [5.74, 6) is 0.695. The summed E-state index contributed by atoms with van der Waals surface area (Å²) in [6.07, 6.45) is 5.57. The van der Waals surface area contributed by atoms with Crippen LogP contribution in [0.2, 0.25) is 0 Å². The zero-order valence-corrected chi connectivity index (χ0v) is 11.4. The molecule has 1 aromatic heterocycles. The lowest BCUT2D eigenvalue weighted by molar-refractivity contribution is 0.0938. The van der Waals surface area contributed by atoms with Gasteiger partial charge in [0, 0.05) is 30.2 Å². The molecule has 0 aliphatic carbocycles. The number of amides is 1. The molecule has 1 amide bonds. The van der Waals surface area contributed by atoms with Crippen molar-refractivity contribution in [2.75, 3.05) is 11.9 Å². The lowest BCUT2D eigenvalue weighted by Gasteiger charge is -2.19. The van der Waals surface area contributed by atoms with Crippen LogP contribution in [0.15, 0.2) is 30.6 Å². The maximum absolute atomic E-state index is 12.3. The third kappa shape index (κ3) is 2.52. The van der Waals surface area contributed by atoms with Crippen LogP contribution in [-0.2, 0) is 6.42 Å². The van der Waals surface area contributed by atoms with E-state index >= 15 is 0 Å². The number of hydrogen-bond donors (Lipinski definition) is 3. The Morgan fingerprint density at radius 1 is 1.45 bits per heavy atom. The first-order chi connectivity index (χ1) is 9.74. The van der Waals surface area contributed by atoms with Crippen LogP contribution in [0.1, 0.15) is 41.1 Å². The maximum atomic E-state index is 12.3. The molecule has 1 unspecified atom stereocenters. The molecule has 1 atom stereocenters. The Morgan fingerprint density at radius 3 is 3.15 bits per heavy atom. The summed E-state index contributed by atoms with van der Waals surface area (Å²) in [6.45, 7) is 2.92. The number of aromatic amines is 1. The fourth-order valence-electron chi connectivity index (χ4n) is 2.48. The van der Waals surface area contributed by atoms with Gasteiger partial charge in [-0.3, -0.25) is 4.79 Å². The molecule has 3 rings (SSSR count). The molecule has 2 heterocycles. The van der Waals surface area contributed by atoms with E-state index in [4.69, 9.17) is 0 Å². The van der Waals surface area contributed by atoms with Crippen molar-refractivity contribution >= 4 is 11.6 Å². The van der Waals surface area contributed by atoms with Crippen LogP contribution in [0.5, 0.6) is 0 Å². The largest absolute Gasteiger partial charge is 0.385 e. The van der Waals surface area contributed by atoms with Gasteiger partial charge in [-0.15, -0.1) is 0 Å². The molecule has 2 aromatic rings. The number of nitrogens with one attached hydrogen (secondary N) is 3. The van der Waals surface area contributed by atoms with Crippen molar-refractivity contribution in [3.05, 3.63) is 47.5 Å². The molecule has 0 saturated carbocycles. The van der Waals surface area contributed by atoms with E-state index in [1.807, 2.05) is 25.1 Å². The van der Waals surface area contributed by atoms with Crippen LogP contribution < -0.4 is 10.6 Å². The van der Waals surface area contributed by atoms with Crippen molar-refractivity contribution in [1.29, 1.82) is 0 Å². The Kier molecular flexibility index (Phi) is 3.41. The molecule has 1 aliphatic rings. The number of imidazole rings is 1. The second-order valence-corrected chi connectivity index (χ2v) is 5.07. The molecule has 1 aliphatic heterocycles. The summed E-state index contributed by atoms with van der Waals surface area (Å²) in [5, 5.41) is 6.30. The van der Waals surface area contributed by atoms with Gasteiger partial charge in [-0.2, -0.15) is 0 Å². The first-order valence-corrected chi connectivity index (χ1v) is 6.91. The van der Waals surface area contributed by atoms with Gasteiger partial charge < -0.3 is 15.6 Å². The van der Waals surface area contributed by atoms with Crippen molar-refractivity contribution in [3.8, 4) is 0 Å². The van der Waals surface area contributed by atoms with Crippen molar-refractivity contribution in [3.63, 3.8) is 0 Å². The summed E-state index contributed by atoms with van der Waals surface area (Å²) < 4.78 is 0. The minimum Gasteiger partial charge on any atom is -0.385 e. The first-order valence-electron chi connectivity index (χ1n) is 6.91. The van der Waals surface area contributed by atoms with E-state index < -0.39 is 0 Å². The van der Waals surface area contributed by atoms with Crippen molar-refractivity contribution in [1.82, 2.24) is 15.3 Å². The molecule has 5 heteroatoms. The number of anilines is 1. The molecule has 1 aromatic carbocycles. The summed E-state index contributed by atoms with van der Waals surface area (Å²) in [7, 11) is 0. The standard InChI is InChI=1S/C15H18N4O/c1-10(14-17-7-8-18-14)19-15(20)12-4-5-13-11(9-12)3-2-6-16-13/h4-5,7-10,16H,2-3,6H2,1H3,(H,17,18)(H,19,20). The van der Waals surface area contributed by atoms with Crippen LogP contribution in [0.4, 0.5) is 5.69 Å². The summed E-state index contributed by atoms with van der Waals surface area (Å²) >= 11 is 0. The quantitative estimate of drug-likeness (QED) is 0.801. The number of benzene rings is 1. The fourth-order valence-corrected chi connectivity index (χ4v) is 2.48. The van der Waals surface area contributed by atoms with Gasteiger partial charge in [-0.05, 0) is 43.5 Å². The Morgan fingerprint density at radius 2 is 2.35 bits per heavy atom. The van der Waals surface area contributed by atoms with E-state index in [2.05, 4.69) is 20.6 Å². The van der Waals surface area contributed by atoms with E-state index in [0.717, 1.165) is 30.9 Å². The molecule has 104 valence electrons. The zero-order chi connectivity index (χ0) is 13.9. The number of H-pyrrole nitrogens is 1. The normalized spacial score (nSPS) is 15.1. The second kappa shape index (κ2) is 5.36. The molecule has 20 heavy (non-hydrogen) atoms. The van der Waals surface area contributed by atoms with Crippen LogP contribution in [0, 0.1) is 0 Å². The van der Waals surface area contributed by atoms with Gasteiger partial charge in [-0.25, -0.2) is 4.98 Å². The van der Waals surface area contributed by atoms with Gasteiger partial charge in [0.2, 0.25) is 0 Å². The summed E-state index contributed by atoms with van der Waals surface area (Å²) in [5.41, 5.74) is 3.06. The zero-order valence-electron chi connectivity index (χ0n) is 11.4. The molecule has 0 radical (unpaired) electrons. The number of carbonyl (C=O) groups excluding carboxylic acids is 1. The number of hydrogen-bond acceptors (Lipinski definition) is 3. The van der Waals surface area contributed by atoms with E-state index in [0.29, 0.717) is 5.56 Å². The predicted molar refractivity (Wildman–Crippen MR) is 77.7 cm³/mol. The minimum atomic E-state index is -0.133. The number of fused-ring (bicyclic) bond motifs is 1. The predicted octanol–water partition coefficient (Wildman–Crippen LogP) is 2.26. The highest BCUT2D eigenvalue weighted by Gasteiger charge is 2.15. The number of aromatic nitrogens is 2. The van der Waals surface area contributed by atoms with Gasteiger partial charge in [0.1, 0.15) is 5.82 Å². The molecule has 5 nitrogen and oxygen atoms in total. The molecule has 0 fully saturated rings. The molecular formula is C15H18N4O. The molecular weight excluding hydrogens is 252 g/mol. The highest BCUT2D eigenvalue weighted by Crippen LogP contribution is 2.23. The van der Waals surface area contributed by atoms with Crippen molar-refractivity contribution in [2.45, 2.75) is 25.8 Å². The highest BCUT2D eigenvalue weighted by molar-refractivity contribution is 5.95. The Hall–Kier alpha value is -2.30. The summed E-state index contributed by atoms with van der Waals surface area (Å²) in [6, 6.07) is 5.69. The van der Waals surface area contributed by atoms with Crippen LogP contribution in [0.25, 0.3) is 0 Å². The third-order valence-corrected chi connectivity index (χ3v) is 3.58. The minimum absolute atomic E-state index is 0.0673. The maximum Gasteiger partial charge on any atom is 0.251 e. The highest BCUT2D eigenvalue weighted by atomic mass is 16.1. The van der Waals surface area contributed by atoms with Gasteiger partial charge in [0.05, 0.1) is 6.04 Å². The second-order valence-electron chi connectivity index (χ2n) is 5.07. The Bertz CT molecular complexity index is 606. The van der Waals surface area contributed by atoms with E-state index in [1.54, 1.807) is 12.4 Å². The Balaban J connectivity index is 1.74. The fraction of sp³-hybridized carbons (Fsp3) is 0.333. The van der Waals surface area contributed by atoms with Crippen molar-refractivity contribution in [2.24, 2.45) is 0 Å². The monoisotopic (exact) mass is 270 g/mol. The molecule has 0 saturated heterocycles. The Labute approximate surface area is 117 Å². The molecule has 0 bridgehead atoms. The SMILES string of the molecule is CC(NC(=O)c1ccc2c(c1)CCCN2)c1ncc[nH]1. The number of nitrogens with zero attached hydrogens (tertiary/aromatic N) is 1. The van der Waals surface area contributed by atoms with Gasteiger partial charge in [0.15, 0.2) is 0 Å². The number of carbonyl (C=O) groups is 1. The van der Waals surface area contributed by atoms with Gasteiger partial charge in [-0.1, -0.05) is 0 Å². The van der Waals surface area contributed by atoms with E-state index in [9.17, 15) is 4.79 Å². The van der Waals surface area contributed by atoms with Crippen LogP contribution in [-0.4, -0.2) is 22.4 Å². The number of aryl methyl sites for hydroxylation is 1. The average molecular weight is 270 g/mol.